The molecule has 0 fully saturated rings. The van der Waals surface area contributed by atoms with Crippen molar-refractivity contribution in [2.75, 3.05) is 0 Å². The predicted octanol–water partition coefficient (Wildman–Crippen LogP) is 13.3. The fraction of sp³-hybridized carbons (Fsp3) is 0. The number of rotatable bonds is 3. The van der Waals surface area contributed by atoms with E-state index in [0.29, 0.717) is 5.89 Å². The summed E-state index contributed by atoms with van der Waals surface area (Å²) >= 11 is 0. The Balaban J connectivity index is 1.15. The molecule has 0 aliphatic rings. The number of fused-ring (bicyclic) bond motifs is 10. The van der Waals surface area contributed by atoms with Crippen LogP contribution < -0.4 is 0 Å². The van der Waals surface area contributed by atoms with E-state index in [-0.39, 0.29) is 0 Å². The zero-order valence-corrected chi connectivity index (χ0v) is 26.9. The minimum atomic E-state index is 0.639. The molecule has 0 aliphatic carbocycles. The highest BCUT2D eigenvalue weighted by Gasteiger charge is 2.19. The predicted molar refractivity (Wildman–Crippen MR) is 208 cm³/mol. The van der Waals surface area contributed by atoms with E-state index in [4.69, 9.17) is 13.8 Å². The first kappa shape index (κ1) is 27.3. The number of furan rings is 1. The van der Waals surface area contributed by atoms with Crippen LogP contribution in [0.5, 0.6) is 0 Å². The molecule has 0 bridgehead atoms. The molecule has 0 spiro atoms. The van der Waals surface area contributed by atoms with Crippen LogP contribution in [0.15, 0.2) is 173 Å². The molecule has 11 aromatic rings. The average Bonchev–Trinajstić information content (AvgIpc) is 3.79. The molecular formula is C47H27NO2. The Bertz CT molecular complexity index is 3090. The van der Waals surface area contributed by atoms with Gasteiger partial charge in [-0.3, -0.25) is 0 Å². The third kappa shape index (κ3) is 3.95. The van der Waals surface area contributed by atoms with Crippen molar-refractivity contribution in [2.24, 2.45) is 0 Å². The van der Waals surface area contributed by atoms with Crippen LogP contribution in [0.4, 0.5) is 0 Å². The zero-order valence-electron chi connectivity index (χ0n) is 26.9. The highest BCUT2D eigenvalue weighted by Crippen LogP contribution is 2.46. The highest BCUT2D eigenvalue weighted by atomic mass is 16.3. The first-order valence-corrected chi connectivity index (χ1v) is 17.0. The standard InChI is InChI=1S/C47H27NO2/c1-2-10-29(11-3-1)47-48-40-24-21-28-18-19-30-26-31(20-23-33(30)45(28)46(40)50-47)43-35-13-4-6-15-37(35)44(38-16-7-5-14-36(38)43)32-22-25-42-39(27-32)34-12-8-9-17-41(34)49-42/h1-27H. The lowest BCUT2D eigenvalue weighted by atomic mass is 9.85. The number of benzene rings is 9. The second-order valence-corrected chi connectivity index (χ2v) is 13.0. The van der Waals surface area contributed by atoms with Gasteiger partial charge >= 0.3 is 0 Å². The molecule has 0 radical (unpaired) electrons. The Hall–Kier alpha value is -6.71. The second kappa shape index (κ2) is 10.4. The normalized spacial score (nSPS) is 12.0. The molecular weight excluding hydrogens is 611 g/mol. The van der Waals surface area contributed by atoms with Gasteiger partial charge < -0.3 is 8.83 Å². The van der Waals surface area contributed by atoms with E-state index in [9.17, 15) is 0 Å². The zero-order chi connectivity index (χ0) is 32.8. The Morgan fingerprint density at radius 3 is 1.68 bits per heavy atom. The van der Waals surface area contributed by atoms with Gasteiger partial charge in [0.15, 0.2) is 5.58 Å². The molecule has 0 unspecified atom stereocenters. The average molecular weight is 638 g/mol. The van der Waals surface area contributed by atoms with Crippen molar-refractivity contribution in [3.8, 4) is 33.7 Å². The molecule has 2 heterocycles. The van der Waals surface area contributed by atoms with Gasteiger partial charge in [-0.1, -0.05) is 121 Å². The van der Waals surface area contributed by atoms with Gasteiger partial charge in [0, 0.05) is 21.7 Å². The second-order valence-electron chi connectivity index (χ2n) is 13.0. The van der Waals surface area contributed by atoms with Gasteiger partial charge in [0.05, 0.1) is 0 Å². The highest BCUT2D eigenvalue weighted by molar-refractivity contribution is 6.24. The molecule has 232 valence electrons. The quantitative estimate of drug-likeness (QED) is 0.143. The Kier molecular flexibility index (Phi) is 5.67. The lowest BCUT2D eigenvalue weighted by Gasteiger charge is -2.18. The van der Waals surface area contributed by atoms with E-state index in [1.165, 1.54) is 43.8 Å². The number of para-hydroxylation sites is 1. The maximum Gasteiger partial charge on any atom is 0.227 e. The van der Waals surface area contributed by atoms with Gasteiger partial charge in [0.25, 0.3) is 0 Å². The van der Waals surface area contributed by atoms with Crippen LogP contribution in [0.2, 0.25) is 0 Å². The van der Waals surface area contributed by atoms with Gasteiger partial charge in [0.1, 0.15) is 16.7 Å². The van der Waals surface area contributed by atoms with Crippen LogP contribution in [0.1, 0.15) is 0 Å². The van der Waals surface area contributed by atoms with Crippen LogP contribution in [0.3, 0.4) is 0 Å². The molecule has 0 amide bonds. The van der Waals surface area contributed by atoms with Crippen LogP contribution in [-0.4, -0.2) is 4.98 Å². The van der Waals surface area contributed by atoms with Gasteiger partial charge in [-0.05, 0) is 102 Å². The third-order valence-corrected chi connectivity index (χ3v) is 10.3. The molecule has 3 nitrogen and oxygen atoms in total. The van der Waals surface area contributed by atoms with Crippen molar-refractivity contribution in [1.29, 1.82) is 0 Å². The van der Waals surface area contributed by atoms with Crippen molar-refractivity contribution in [3.05, 3.63) is 164 Å². The summed E-state index contributed by atoms with van der Waals surface area (Å²) in [6.45, 7) is 0. The van der Waals surface area contributed by atoms with Gasteiger partial charge in [-0.25, -0.2) is 4.98 Å². The molecule has 0 N–H and O–H groups in total. The van der Waals surface area contributed by atoms with Gasteiger partial charge in [0.2, 0.25) is 5.89 Å². The molecule has 11 rings (SSSR count). The lowest BCUT2D eigenvalue weighted by molar-refractivity contribution is 0.623. The molecule has 0 saturated carbocycles. The molecule has 3 heteroatoms. The molecule has 9 aromatic carbocycles. The summed E-state index contributed by atoms with van der Waals surface area (Å²) in [6, 6.07) is 58.1. The van der Waals surface area contributed by atoms with Crippen molar-refractivity contribution in [1.82, 2.24) is 4.98 Å². The topological polar surface area (TPSA) is 39.2 Å². The van der Waals surface area contributed by atoms with E-state index in [1.807, 2.05) is 42.5 Å². The Labute approximate surface area is 286 Å². The van der Waals surface area contributed by atoms with Crippen molar-refractivity contribution in [3.63, 3.8) is 0 Å². The number of aromatic nitrogens is 1. The fourth-order valence-corrected chi connectivity index (χ4v) is 8.02. The Morgan fingerprint density at radius 2 is 0.940 bits per heavy atom. The van der Waals surface area contributed by atoms with Gasteiger partial charge in [-0.2, -0.15) is 0 Å². The summed E-state index contributed by atoms with van der Waals surface area (Å²) in [5, 5.41) is 11.7. The molecule has 50 heavy (non-hydrogen) atoms. The molecule has 0 saturated heterocycles. The SMILES string of the molecule is c1ccc(-c2nc3ccc4ccc5cc(-c6c7ccccc7c(-c7ccc8oc9ccccc9c8c7)c7ccccc67)ccc5c4c3o2)cc1. The first-order valence-electron chi connectivity index (χ1n) is 17.0. The van der Waals surface area contributed by atoms with Crippen LogP contribution in [-0.2, 0) is 0 Å². The number of nitrogens with zero attached hydrogens (tertiary/aromatic N) is 1. The molecule has 0 aliphatic heterocycles. The maximum absolute atomic E-state index is 6.49. The number of hydrogen-bond donors (Lipinski definition) is 0. The summed E-state index contributed by atoms with van der Waals surface area (Å²) in [5.41, 5.74) is 9.31. The van der Waals surface area contributed by atoms with E-state index in [2.05, 4.69) is 121 Å². The van der Waals surface area contributed by atoms with Crippen molar-refractivity contribution >= 4 is 76.1 Å². The summed E-state index contributed by atoms with van der Waals surface area (Å²) in [5.74, 6) is 0.639. The summed E-state index contributed by atoms with van der Waals surface area (Å²) in [6.07, 6.45) is 0. The largest absolute Gasteiger partial charge is 0.456 e. The van der Waals surface area contributed by atoms with Crippen LogP contribution >= 0.6 is 0 Å². The third-order valence-electron chi connectivity index (χ3n) is 10.3. The monoisotopic (exact) mass is 637 g/mol. The number of oxazole rings is 1. The van der Waals surface area contributed by atoms with Gasteiger partial charge in [-0.15, -0.1) is 0 Å². The summed E-state index contributed by atoms with van der Waals surface area (Å²) in [7, 11) is 0. The maximum atomic E-state index is 6.49. The smallest absolute Gasteiger partial charge is 0.227 e. The summed E-state index contributed by atoms with van der Waals surface area (Å²) in [4.78, 5) is 4.86. The van der Waals surface area contributed by atoms with E-state index in [1.54, 1.807) is 0 Å². The van der Waals surface area contributed by atoms with Crippen LogP contribution in [0, 0.1) is 0 Å². The minimum Gasteiger partial charge on any atom is -0.456 e. The minimum absolute atomic E-state index is 0.639. The van der Waals surface area contributed by atoms with Crippen molar-refractivity contribution in [2.45, 2.75) is 0 Å². The Morgan fingerprint density at radius 1 is 0.360 bits per heavy atom. The number of hydrogen-bond acceptors (Lipinski definition) is 3. The van der Waals surface area contributed by atoms with Crippen molar-refractivity contribution < 1.29 is 8.83 Å². The molecule has 0 atom stereocenters. The van der Waals surface area contributed by atoms with E-state index < -0.39 is 0 Å². The van der Waals surface area contributed by atoms with Crippen LogP contribution in [0.25, 0.3) is 110 Å². The summed E-state index contributed by atoms with van der Waals surface area (Å²) < 4.78 is 12.7. The lowest BCUT2D eigenvalue weighted by Crippen LogP contribution is -1.91. The first-order chi connectivity index (χ1) is 24.8. The molecule has 2 aromatic heterocycles. The fourth-order valence-electron chi connectivity index (χ4n) is 8.02. The van der Waals surface area contributed by atoms with E-state index >= 15 is 0 Å². The van der Waals surface area contributed by atoms with E-state index in [0.717, 1.165) is 60.1 Å².